The van der Waals surface area contributed by atoms with Gasteiger partial charge in [0, 0.05) is 30.9 Å². The minimum Gasteiger partial charge on any atom is -0.491 e. The summed E-state index contributed by atoms with van der Waals surface area (Å²) in [6.45, 7) is 8.95. The Hall–Kier alpha value is -1.06. The van der Waals surface area contributed by atoms with E-state index in [-0.39, 0.29) is 11.6 Å². The predicted molar refractivity (Wildman–Crippen MR) is 77.5 cm³/mol. The van der Waals surface area contributed by atoms with Crippen LogP contribution in [-0.4, -0.2) is 24.9 Å². The number of hydrogen-bond acceptors (Lipinski definition) is 3. The number of para-hydroxylation sites is 1. The topological polar surface area (TPSA) is 30.5 Å². The van der Waals surface area contributed by atoms with E-state index >= 15 is 0 Å². The van der Waals surface area contributed by atoms with Gasteiger partial charge in [0.2, 0.25) is 0 Å². The van der Waals surface area contributed by atoms with Gasteiger partial charge in [-0.15, -0.1) is 0 Å². The van der Waals surface area contributed by atoms with Gasteiger partial charge >= 0.3 is 0 Å². The summed E-state index contributed by atoms with van der Waals surface area (Å²) < 4.78 is 11.3. The molecule has 1 fully saturated rings. The van der Waals surface area contributed by atoms with Crippen LogP contribution in [0.1, 0.15) is 39.2 Å². The molecule has 0 bridgehead atoms. The van der Waals surface area contributed by atoms with Gasteiger partial charge in [-0.3, -0.25) is 0 Å². The highest BCUT2D eigenvalue weighted by atomic mass is 16.5. The predicted octanol–water partition coefficient (Wildman–Crippen LogP) is 3.13. The quantitative estimate of drug-likeness (QED) is 0.885. The molecular weight excluding hydrogens is 238 g/mol. The Kier molecular flexibility index (Phi) is 4.83. The molecule has 0 aromatic heterocycles. The standard InChI is InChI=1S/C16H25NO2/c1-13(2)19-15-7-5-4-6-14(15)12-17-16(3)8-10-18-11-9-16/h4-7,13,17H,8-12H2,1-3H3. The zero-order valence-electron chi connectivity index (χ0n) is 12.2. The minimum atomic E-state index is 0.184. The Balaban J connectivity index is 1.98. The average molecular weight is 263 g/mol. The second kappa shape index (κ2) is 6.40. The summed E-state index contributed by atoms with van der Waals surface area (Å²) in [5, 5.41) is 3.67. The first-order chi connectivity index (χ1) is 9.09. The molecule has 2 rings (SSSR count). The second-order valence-electron chi connectivity index (χ2n) is 5.80. The maximum atomic E-state index is 5.85. The molecule has 0 saturated carbocycles. The van der Waals surface area contributed by atoms with E-state index in [0.29, 0.717) is 0 Å². The van der Waals surface area contributed by atoms with E-state index in [1.807, 2.05) is 12.1 Å². The van der Waals surface area contributed by atoms with Crippen LogP contribution in [0.5, 0.6) is 5.75 Å². The highest BCUT2D eigenvalue weighted by Gasteiger charge is 2.26. The summed E-state index contributed by atoms with van der Waals surface area (Å²) in [6.07, 6.45) is 2.35. The molecule has 3 nitrogen and oxygen atoms in total. The molecule has 0 aliphatic carbocycles. The van der Waals surface area contributed by atoms with Gasteiger partial charge in [-0.25, -0.2) is 0 Å². The van der Waals surface area contributed by atoms with Gasteiger partial charge in [0.25, 0.3) is 0 Å². The Bertz CT molecular complexity index is 397. The molecule has 1 saturated heterocycles. The first-order valence-electron chi connectivity index (χ1n) is 7.16. The first kappa shape index (κ1) is 14.4. The average Bonchev–Trinajstić information content (AvgIpc) is 2.38. The molecule has 106 valence electrons. The van der Waals surface area contributed by atoms with Crippen molar-refractivity contribution in [2.24, 2.45) is 0 Å². The van der Waals surface area contributed by atoms with Crippen LogP contribution in [0.2, 0.25) is 0 Å². The van der Waals surface area contributed by atoms with Gasteiger partial charge < -0.3 is 14.8 Å². The van der Waals surface area contributed by atoms with Crippen molar-refractivity contribution in [1.29, 1.82) is 0 Å². The zero-order chi connectivity index (χ0) is 13.7. The third-order valence-electron chi connectivity index (χ3n) is 3.64. The fourth-order valence-corrected chi connectivity index (χ4v) is 2.33. The molecule has 1 aromatic rings. The van der Waals surface area contributed by atoms with Gasteiger partial charge in [0.05, 0.1) is 6.10 Å². The molecule has 0 radical (unpaired) electrons. The molecular formula is C16H25NO2. The Morgan fingerprint density at radius 3 is 2.63 bits per heavy atom. The zero-order valence-corrected chi connectivity index (χ0v) is 12.2. The Morgan fingerprint density at radius 2 is 1.95 bits per heavy atom. The van der Waals surface area contributed by atoms with E-state index < -0.39 is 0 Å². The van der Waals surface area contributed by atoms with Gasteiger partial charge in [0.15, 0.2) is 0 Å². The SMILES string of the molecule is CC(C)Oc1ccccc1CNC1(C)CCOCC1. The molecule has 0 spiro atoms. The highest BCUT2D eigenvalue weighted by Crippen LogP contribution is 2.23. The van der Waals surface area contributed by atoms with E-state index in [1.54, 1.807) is 0 Å². The van der Waals surface area contributed by atoms with Gasteiger partial charge in [-0.2, -0.15) is 0 Å². The molecule has 0 unspecified atom stereocenters. The molecule has 1 heterocycles. The van der Waals surface area contributed by atoms with Crippen molar-refractivity contribution in [3.05, 3.63) is 29.8 Å². The molecule has 1 aliphatic rings. The molecule has 1 N–H and O–H groups in total. The first-order valence-corrected chi connectivity index (χ1v) is 7.16. The largest absolute Gasteiger partial charge is 0.491 e. The second-order valence-corrected chi connectivity index (χ2v) is 5.80. The van der Waals surface area contributed by atoms with E-state index in [4.69, 9.17) is 9.47 Å². The summed E-state index contributed by atoms with van der Waals surface area (Å²) in [7, 11) is 0. The lowest BCUT2D eigenvalue weighted by molar-refractivity contribution is 0.0445. The van der Waals surface area contributed by atoms with Crippen LogP contribution in [-0.2, 0) is 11.3 Å². The van der Waals surface area contributed by atoms with Gasteiger partial charge in [-0.1, -0.05) is 18.2 Å². The third-order valence-corrected chi connectivity index (χ3v) is 3.64. The number of hydrogen-bond donors (Lipinski definition) is 1. The Labute approximate surface area is 116 Å². The molecule has 0 atom stereocenters. The summed E-state index contributed by atoms with van der Waals surface area (Å²) in [6, 6.07) is 8.27. The van der Waals surface area contributed by atoms with Crippen LogP contribution in [0.25, 0.3) is 0 Å². The summed E-state index contributed by atoms with van der Waals surface area (Å²) in [4.78, 5) is 0. The van der Waals surface area contributed by atoms with Crippen LogP contribution in [0.15, 0.2) is 24.3 Å². The van der Waals surface area contributed by atoms with Crippen LogP contribution >= 0.6 is 0 Å². The van der Waals surface area contributed by atoms with Crippen molar-refractivity contribution in [1.82, 2.24) is 5.32 Å². The molecule has 0 amide bonds. The number of benzene rings is 1. The fourth-order valence-electron chi connectivity index (χ4n) is 2.33. The lowest BCUT2D eigenvalue weighted by Gasteiger charge is -2.35. The van der Waals surface area contributed by atoms with E-state index in [2.05, 4.69) is 38.2 Å². The van der Waals surface area contributed by atoms with Crippen LogP contribution in [0.3, 0.4) is 0 Å². The van der Waals surface area contributed by atoms with E-state index in [0.717, 1.165) is 38.3 Å². The van der Waals surface area contributed by atoms with E-state index in [1.165, 1.54) is 5.56 Å². The normalized spacial score (nSPS) is 18.5. The summed E-state index contributed by atoms with van der Waals surface area (Å²) in [5.74, 6) is 0.987. The van der Waals surface area contributed by atoms with Gasteiger partial charge in [-0.05, 0) is 39.7 Å². The summed E-state index contributed by atoms with van der Waals surface area (Å²) >= 11 is 0. The van der Waals surface area contributed by atoms with Gasteiger partial charge in [0.1, 0.15) is 5.75 Å². The number of nitrogens with one attached hydrogen (secondary N) is 1. The lowest BCUT2D eigenvalue weighted by atomic mass is 9.92. The minimum absolute atomic E-state index is 0.184. The van der Waals surface area contributed by atoms with Crippen molar-refractivity contribution in [2.45, 2.75) is 51.8 Å². The highest BCUT2D eigenvalue weighted by molar-refractivity contribution is 5.33. The Morgan fingerprint density at radius 1 is 1.26 bits per heavy atom. The maximum absolute atomic E-state index is 5.85. The van der Waals surface area contributed by atoms with Crippen molar-refractivity contribution in [2.75, 3.05) is 13.2 Å². The number of rotatable bonds is 5. The van der Waals surface area contributed by atoms with Crippen LogP contribution < -0.4 is 10.1 Å². The van der Waals surface area contributed by atoms with Crippen molar-refractivity contribution in [3.8, 4) is 5.75 Å². The van der Waals surface area contributed by atoms with Crippen molar-refractivity contribution >= 4 is 0 Å². The smallest absolute Gasteiger partial charge is 0.124 e. The maximum Gasteiger partial charge on any atom is 0.124 e. The third kappa shape index (κ3) is 4.22. The fraction of sp³-hybridized carbons (Fsp3) is 0.625. The summed E-state index contributed by atoms with van der Waals surface area (Å²) in [5.41, 5.74) is 1.41. The molecule has 19 heavy (non-hydrogen) atoms. The van der Waals surface area contributed by atoms with Crippen molar-refractivity contribution in [3.63, 3.8) is 0 Å². The monoisotopic (exact) mass is 263 g/mol. The van der Waals surface area contributed by atoms with Crippen LogP contribution in [0.4, 0.5) is 0 Å². The number of ether oxygens (including phenoxy) is 2. The van der Waals surface area contributed by atoms with Crippen molar-refractivity contribution < 1.29 is 9.47 Å². The molecule has 1 aromatic carbocycles. The molecule has 1 aliphatic heterocycles. The molecule has 3 heteroatoms. The van der Waals surface area contributed by atoms with Crippen LogP contribution in [0, 0.1) is 0 Å². The lowest BCUT2D eigenvalue weighted by Crippen LogP contribution is -2.46. The van der Waals surface area contributed by atoms with E-state index in [9.17, 15) is 0 Å².